The van der Waals surface area contributed by atoms with Crippen LogP contribution in [0.4, 0.5) is 0 Å². The summed E-state index contributed by atoms with van der Waals surface area (Å²) in [6.45, 7) is 2.59. The van der Waals surface area contributed by atoms with Crippen molar-refractivity contribution in [2.24, 2.45) is 0 Å². The van der Waals surface area contributed by atoms with Crippen LogP contribution in [-0.2, 0) is 4.74 Å². The molecule has 0 fully saturated rings. The van der Waals surface area contributed by atoms with Crippen molar-refractivity contribution in [2.75, 3.05) is 6.61 Å². The monoisotopic (exact) mass is 416 g/mol. The molecule has 4 heteroatoms. The number of hydrogen-bond acceptors (Lipinski definition) is 3. The van der Waals surface area contributed by atoms with Crippen molar-refractivity contribution in [3.63, 3.8) is 0 Å². The highest BCUT2D eigenvalue weighted by Crippen LogP contribution is 2.13. The zero-order chi connectivity index (χ0) is 21.9. The lowest BCUT2D eigenvalue weighted by Gasteiger charge is -2.07. The summed E-state index contributed by atoms with van der Waals surface area (Å²) in [6, 6.07) is 6.17. The van der Waals surface area contributed by atoms with E-state index in [1.165, 1.54) is 82.8 Å². The van der Waals surface area contributed by atoms with E-state index in [2.05, 4.69) is 19.1 Å². The van der Waals surface area contributed by atoms with Crippen molar-refractivity contribution < 1.29 is 19.4 Å². The van der Waals surface area contributed by atoms with E-state index in [0.29, 0.717) is 6.61 Å². The van der Waals surface area contributed by atoms with Crippen molar-refractivity contribution in [3.05, 3.63) is 47.5 Å². The minimum atomic E-state index is -1.11. The van der Waals surface area contributed by atoms with Gasteiger partial charge in [-0.15, -0.1) is 0 Å². The van der Waals surface area contributed by atoms with Gasteiger partial charge in [0.25, 0.3) is 0 Å². The third kappa shape index (κ3) is 12.5. The Kier molecular flexibility index (Phi) is 15.3. The van der Waals surface area contributed by atoms with Crippen molar-refractivity contribution in [1.29, 1.82) is 0 Å². The number of esters is 1. The molecule has 0 aromatic heterocycles. The summed E-state index contributed by atoms with van der Waals surface area (Å²) in [5.41, 5.74) is 0.112. The summed E-state index contributed by atoms with van der Waals surface area (Å²) in [7, 11) is 0. The third-order valence-electron chi connectivity index (χ3n) is 5.27. The number of hydrogen-bond donors (Lipinski definition) is 1. The molecule has 1 aromatic rings. The van der Waals surface area contributed by atoms with Gasteiger partial charge in [0.05, 0.1) is 17.7 Å². The largest absolute Gasteiger partial charge is 0.478 e. The van der Waals surface area contributed by atoms with Crippen LogP contribution in [0.25, 0.3) is 0 Å². The summed E-state index contributed by atoms with van der Waals surface area (Å²) in [4.78, 5) is 23.2. The van der Waals surface area contributed by atoms with Crippen molar-refractivity contribution in [1.82, 2.24) is 0 Å². The Labute approximate surface area is 182 Å². The van der Waals surface area contributed by atoms with Gasteiger partial charge in [0, 0.05) is 0 Å². The molecule has 0 heterocycles. The number of benzene rings is 1. The van der Waals surface area contributed by atoms with Gasteiger partial charge < -0.3 is 9.84 Å². The van der Waals surface area contributed by atoms with Crippen LogP contribution < -0.4 is 0 Å². The summed E-state index contributed by atoms with van der Waals surface area (Å²) in [5, 5.41) is 9.12. The predicted octanol–water partition coefficient (Wildman–Crippen LogP) is 7.58. The lowest BCUT2D eigenvalue weighted by atomic mass is 10.1. The van der Waals surface area contributed by atoms with E-state index in [1.54, 1.807) is 12.1 Å². The fraction of sp³-hybridized carbons (Fsp3) is 0.615. The average molecular weight is 417 g/mol. The molecule has 1 rings (SSSR count). The first-order valence-corrected chi connectivity index (χ1v) is 11.8. The number of ether oxygens (including phenoxy) is 1. The van der Waals surface area contributed by atoms with Crippen LogP contribution in [0.2, 0.25) is 0 Å². The molecule has 1 aromatic carbocycles. The molecule has 4 nitrogen and oxygen atoms in total. The quantitative estimate of drug-likeness (QED) is 0.152. The molecule has 0 amide bonds. The van der Waals surface area contributed by atoms with Crippen LogP contribution in [0.1, 0.15) is 118 Å². The maximum Gasteiger partial charge on any atom is 0.339 e. The summed E-state index contributed by atoms with van der Waals surface area (Å²) >= 11 is 0. The summed E-state index contributed by atoms with van der Waals surface area (Å²) in [5.74, 6) is -1.66. The molecular formula is C26H40O4. The smallest absolute Gasteiger partial charge is 0.339 e. The van der Waals surface area contributed by atoms with Gasteiger partial charge in [0.1, 0.15) is 0 Å². The zero-order valence-corrected chi connectivity index (χ0v) is 18.7. The average Bonchev–Trinajstić information content (AvgIpc) is 2.75. The normalized spacial score (nSPS) is 11.1. The van der Waals surface area contributed by atoms with E-state index in [0.717, 1.165) is 19.3 Å². The topological polar surface area (TPSA) is 63.6 Å². The van der Waals surface area contributed by atoms with E-state index in [9.17, 15) is 9.59 Å². The van der Waals surface area contributed by atoms with Crippen molar-refractivity contribution in [2.45, 2.75) is 96.8 Å². The van der Waals surface area contributed by atoms with E-state index in [4.69, 9.17) is 9.84 Å². The number of rotatable bonds is 18. The van der Waals surface area contributed by atoms with Crippen LogP contribution in [0.15, 0.2) is 36.4 Å². The van der Waals surface area contributed by atoms with Gasteiger partial charge in [-0.3, -0.25) is 0 Å². The molecule has 0 aliphatic heterocycles. The molecule has 0 spiro atoms. The highest BCUT2D eigenvalue weighted by atomic mass is 16.5. The summed E-state index contributed by atoms with van der Waals surface area (Å²) in [6.07, 6.45) is 21.9. The minimum absolute atomic E-state index is 0.00929. The Morgan fingerprint density at radius 3 is 1.83 bits per heavy atom. The molecule has 0 bridgehead atoms. The van der Waals surface area contributed by atoms with Gasteiger partial charge in [-0.25, -0.2) is 9.59 Å². The number of aromatic carboxylic acids is 1. The Bertz CT molecular complexity index is 621. The lowest BCUT2D eigenvalue weighted by Crippen LogP contribution is -2.12. The molecule has 0 radical (unpaired) electrons. The van der Waals surface area contributed by atoms with Crippen LogP contribution in [-0.4, -0.2) is 23.7 Å². The second kappa shape index (κ2) is 17.7. The molecule has 30 heavy (non-hydrogen) atoms. The van der Waals surface area contributed by atoms with E-state index >= 15 is 0 Å². The molecular weight excluding hydrogens is 376 g/mol. The van der Waals surface area contributed by atoms with Crippen LogP contribution in [0, 0.1) is 0 Å². The maximum atomic E-state index is 12.0. The Balaban J connectivity index is 1.93. The lowest BCUT2D eigenvalue weighted by molar-refractivity contribution is 0.0487. The third-order valence-corrected chi connectivity index (χ3v) is 5.27. The first-order valence-electron chi connectivity index (χ1n) is 11.8. The number of unbranched alkanes of at least 4 members (excludes halogenated alkanes) is 12. The number of carbonyl (C=O) groups excluding carboxylic acids is 1. The van der Waals surface area contributed by atoms with Crippen molar-refractivity contribution in [3.8, 4) is 0 Å². The van der Waals surface area contributed by atoms with Gasteiger partial charge >= 0.3 is 11.9 Å². The van der Waals surface area contributed by atoms with E-state index in [1.807, 2.05) is 0 Å². The van der Waals surface area contributed by atoms with Gasteiger partial charge in [0.2, 0.25) is 0 Å². The number of allylic oxidation sites excluding steroid dienone is 2. The number of carbonyl (C=O) groups is 2. The molecule has 1 N–H and O–H groups in total. The van der Waals surface area contributed by atoms with E-state index in [-0.39, 0.29) is 11.1 Å². The van der Waals surface area contributed by atoms with Gasteiger partial charge in [0.15, 0.2) is 0 Å². The van der Waals surface area contributed by atoms with Gasteiger partial charge in [-0.05, 0) is 44.2 Å². The zero-order valence-electron chi connectivity index (χ0n) is 18.7. The molecule has 0 aliphatic rings. The first kappa shape index (κ1) is 25.9. The molecule has 0 aliphatic carbocycles. The van der Waals surface area contributed by atoms with Crippen LogP contribution in [0.3, 0.4) is 0 Å². The Morgan fingerprint density at radius 2 is 1.27 bits per heavy atom. The van der Waals surface area contributed by atoms with Crippen LogP contribution >= 0.6 is 0 Å². The van der Waals surface area contributed by atoms with E-state index < -0.39 is 11.9 Å². The molecule has 168 valence electrons. The predicted molar refractivity (Wildman–Crippen MR) is 123 cm³/mol. The van der Waals surface area contributed by atoms with Gasteiger partial charge in [-0.1, -0.05) is 89.0 Å². The molecule has 0 saturated heterocycles. The minimum Gasteiger partial charge on any atom is -0.478 e. The summed E-state index contributed by atoms with van der Waals surface area (Å²) < 4.78 is 5.23. The standard InChI is InChI=1S/C26H40O4/c1-2-3-4-5-6-7-8-9-10-11-12-13-14-15-16-19-22-30-26(29)24-21-18-17-20-23(24)25(27)28/h7-8,17-18,20-21H,2-6,9-16,19,22H2,1H3,(H,27,28)/b8-7+. The highest BCUT2D eigenvalue weighted by molar-refractivity contribution is 6.02. The first-order chi connectivity index (χ1) is 14.7. The Hall–Kier alpha value is -2.10. The highest BCUT2D eigenvalue weighted by Gasteiger charge is 2.16. The fourth-order valence-electron chi connectivity index (χ4n) is 3.44. The number of carboxylic acid groups (broad SMARTS) is 1. The molecule has 0 atom stereocenters. The second-order valence-corrected chi connectivity index (χ2v) is 7.92. The Morgan fingerprint density at radius 1 is 0.767 bits per heavy atom. The van der Waals surface area contributed by atoms with Crippen molar-refractivity contribution >= 4 is 11.9 Å². The fourth-order valence-corrected chi connectivity index (χ4v) is 3.44. The molecule has 0 saturated carbocycles. The van der Waals surface area contributed by atoms with Crippen LogP contribution in [0.5, 0.6) is 0 Å². The van der Waals surface area contributed by atoms with Gasteiger partial charge in [-0.2, -0.15) is 0 Å². The maximum absolute atomic E-state index is 12.0. The second-order valence-electron chi connectivity index (χ2n) is 7.92. The SMILES string of the molecule is CCCCCC/C=C/CCCCCCCCCCOC(=O)c1ccccc1C(=O)O. The number of carboxylic acids is 1. The molecule has 0 unspecified atom stereocenters.